The monoisotopic (exact) mass is 274 g/mol. The molecule has 0 radical (unpaired) electrons. The number of hydrogen-bond acceptors (Lipinski definition) is 3. The number of aromatic nitrogens is 1. The molecule has 0 spiro atoms. The van der Waals surface area contributed by atoms with Crippen molar-refractivity contribution in [1.82, 2.24) is 10.3 Å². The van der Waals surface area contributed by atoms with Gasteiger partial charge < -0.3 is 5.32 Å². The van der Waals surface area contributed by atoms with Gasteiger partial charge in [-0.25, -0.2) is 4.98 Å². The third-order valence-electron chi connectivity index (χ3n) is 3.40. The predicted octanol–water partition coefficient (Wildman–Crippen LogP) is 4.23. The molecule has 0 bridgehead atoms. The van der Waals surface area contributed by atoms with Crippen molar-refractivity contribution in [3.05, 3.63) is 50.5 Å². The fourth-order valence-electron chi connectivity index (χ4n) is 2.70. The van der Waals surface area contributed by atoms with E-state index >= 15 is 0 Å². The number of nitrogens with one attached hydrogen (secondary N) is 1. The van der Waals surface area contributed by atoms with Gasteiger partial charge in [0.05, 0.1) is 0 Å². The average molecular weight is 274 g/mol. The highest BCUT2D eigenvalue weighted by molar-refractivity contribution is 7.11. The summed E-state index contributed by atoms with van der Waals surface area (Å²) in [7, 11) is 0. The zero-order chi connectivity index (χ0) is 14.0. The summed E-state index contributed by atoms with van der Waals surface area (Å²) in [5.74, 6) is 0. The minimum atomic E-state index is 0.352. The predicted molar refractivity (Wildman–Crippen MR) is 82.8 cm³/mol. The highest BCUT2D eigenvalue weighted by Crippen LogP contribution is 2.24. The molecule has 0 saturated carbocycles. The highest BCUT2D eigenvalue weighted by atomic mass is 32.1. The van der Waals surface area contributed by atoms with Gasteiger partial charge in [-0.2, -0.15) is 0 Å². The fourth-order valence-corrected chi connectivity index (χ4v) is 3.44. The maximum absolute atomic E-state index is 4.40. The maximum Gasteiger partial charge on any atom is 0.107 e. The fraction of sp³-hybridized carbons (Fsp3) is 0.438. The number of rotatable bonds is 4. The van der Waals surface area contributed by atoms with Crippen molar-refractivity contribution in [3.63, 3.8) is 0 Å². The van der Waals surface area contributed by atoms with E-state index in [1.54, 1.807) is 11.3 Å². The third-order valence-corrected chi connectivity index (χ3v) is 4.31. The number of hydrogen-bond donors (Lipinski definition) is 1. The summed E-state index contributed by atoms with van der Waals surface area (Å²) in [6, 6.07) is 4.87. The van der Waals surface area contributed by atoms with E-state index in [1.165, 1.54) is 27.1 Å². The van der Waals surface area contributed by atoms with E-state index in [0.29, 0.717) is 6.04 Å². The largest absolute Gasteiger partial charge is 0.304 e. The van der Waals surface area contributed by atoms with E-state index in [2.05, 4.69) is 57.1 Å². The summed E-state index contributed by atoms with van der Waals surface area (Å²) >= 11 is 1.76. The Kier molecular flexibility index (Phi) is 4.38. The molecule has 2 nitrogen and oxygen atoms in total. The van der Waals surface area contributed by atoms with Crippen LogP contribution in [0.4, 0.5) is 0 Å². The quantitative estimate of drug-likeness (QED) is 0.902. The van der Waals surface area contributed by atoms with E-state index in [4.69, 9.17) is 0 Å². The highest BCUT2D eigenvalue weighted by Gasteiger charge is 2.12. The second-order valence-electron chi connectivity index (χ2n) is 5.28. The molecular weight excluding hydrogens is 252 g/mol. The summed E-state index contributed by atoms with van der Waals surface area (Å²) in [4.78, 5) is 5.67. The topological polar surface area (TPSA) is 24.9 Å². The van der Waals surface area contributed by atoms with Crippen LogP contribution in [0.2, 0.25) is 0 Å². The summed E-state index contributed by atoms with van der Waals surface area (Å²) in [6.07, 6.45) is 1.94. The van der Waals surface area contributed by atoms with Gasteiger partial charge in [-0.15, -0.1) is 11.3 Å². The van der Waals surface area contributed by atoms with E-state index in [0.717, 1.165) is 11.6 Å². The van der Waals surface area contributed by atoms with Gasteiger partial charge in [0.2, 0.25) is 0 Å². The Balaban J connectivity index is 2.10. The zero-order valence-electron chi connectivity index (χ0n) is 12.4. The number of benzene rings is 1. The van der Waals surface area contributed by atoms with Crippen molar-refractivity contribution in [2.75, 3.05) is 0 Å². The first kappa shape index (κ1) is 14.2. The van der Waals surface area contributed by atoms with Gasteiger partial charge in [-0.3, -0.25) is 0 Å². The molecule has 1 heterocycles. The summed E-state index contributed by atoms with van der Waals surface area (Å²) in [6.45, 7) is 11.7. The molecule has 2 aromatic rings. The lowest BCUT2D eigenvalue weighted by atomic mass is 9.95. The minimum Gasteiger partial charge on any atom is -0.304 e. The molecule has 0 aliphatic heterocycles. The first-order valence-corrected chi connectivity index (χ1v) is 7.51. The van der Waals surface area contributed by atoms with Crippen molar-refractivity contribution >= 4 is 11.3 Å². The molecule has 0 saturated heterocycles. The van der Waals surface area contributed by atoms with Gasteiger partial charge in [0.15, 0.2) is 0 Å². The van der Waals surface area contributed by atoms with Crippen LogP contribution in [0.15, 0.2) is 18.3 Å². The Morgan fingerprint density at radius 1 is 1.16 bits per heavy atom. The third kappa shape index (κ3) is 3.43. The van der Waals surface area contributed by atoms with Crippen molar-refractivity contribution in [3.8, 4) is 0 Å². The van der Waals surface area contributed by atoms with Crippen LogP contribution in [0.25, 0.3) is 0 Å². The second kappa shape index (κ2) is 5.85. The van der Waals surface area contributed by atoms with E-state index in [-0.39, 0.29) is 0 Å². The first-order chi connectivity index (χ1) is 8.97. The van der Waals surface area contributed by atoms with Crippen LogP contribution in [0.1, 0.15) is 45.1 Å². The van der Waals surface area contributed by atoms with Crippen molar-refractivity contribution in [2.45, 2.75) is 47.2 Å². The number of nitrogens with zero attached hydrogens (tertiary/aromatic N) is 1. The molecule has 1 unspecified atom stereocenters. The SMILES string of the molecule is Cc1cc(C)c(C(C)NCc2ncc(C)s2)c(C)c1. The van der Waals surface area contributed by atoms with E-state index < -0.39 is 0 Å². The van der Waals surface area contributed by atoms with Gasteiger partial charge in [0.1, 0.15) is 5.01 Å². The molecule has 102 valence electrons. The minimum absolute atomic E-state index is 0.352. The number of aryl methyl sites for hydroxylation is 4. The molecule has 2 rings (SSSR count). The Labute approximate surface area is 119 Å². The van der Waals surface area contributed by atoms with Crippen LogP contribution in [0, 0.1) is 27.7 Å². The number of thiazole rings is 1. The molecule has 1 N–H and O–H groups in total. The van der Waals surface area contributed by atoms with Gasteiger partial charge in [0.25, 0.3) is 0 Å². The Morgan fingerprint density at radius 2 is 1.79 bits per heavy atom. The van der Waals surface area contributed by atoms with Crippen molar-refractivity contribution in [1.29, 1.82) is 0 Å². The molecular formula is C16H22N2S. The Bertz CT molecular complexity index is 549. The first-order valence-electron chi connectivity index (χ1n) is 6.70. The molecule has 0 aliphatic carbocycles. The molecule has 0 fully saturated rings. The lowest BCUT2D eigenvalue weighted by Gasteiger charge is -2.19. The normalized spacial score (nSPS) is 12.7. The van der Waals surface area contributed by atoms with Crippen LogP contribution in [0.5, 0.6) is 0 Å². The summed E-state index contributed by atoms with van der Waals surface area (Å²) in [5.41, 5.74) is 5.49. The standard InChI is InChI=1S/C16H22N2S/c1-10-6-11(2)16(12(3)7-10)14(5)17-9-15-18-8-13(4)19-15/h6-8,14,17H,9H2,1-5H3. The Morgan fingerprint density at radius 3 is 2.32 bits per heavy atom. The van der Waals surface area contributed by atoms with Crippen LogP contribution >= 0.6 is 11.3 Å². The van der Waals surface area contributed by atoms with Crippen LogP contribution < -0.4 is 5.32 Å². The molecule has 1 aromatic heterocycles. The molecule has 1 aromatic carbocycles. The lowest BCUT2D eigenvalue weighted by Crippen LogP contribution is -2.19. The van der Waals surface area contributed by atoms with Gasteiger partial charge in [-0.05, 0) is 51.3 Å². The van der Waals surface area contributed by atoms with Crippen LogP contribution in [-0.2, 0) is 6.54 Å². The average Bonchev–Trinajstić information content (AvgIpc) is 2.71. The van der Waals surface area contributed by atoms with Gasteiger partial charge >= 0.3 is 0 Å². The summed E-state index contributed by atoms with van der Waals surface area (Å²) < 4.78 is 0. The van der Waals surface area contributed by atoms with Gasteiger partial charge in [0, 0.05) is 23.7 Å². The van der Waals surface area contributed by atoms with Crippen LogP contribution in [-0.4, -0.2) is 4.98 Å². The summed E-state index contributed by atoms with van der Waals surface area (Å²) in [5, 5.41) is 4.74. The molecule has 3 heteroatoms. The Hall–Kier alpha value is -1.19. The van der Waals surface area contributed by atoms with Crippen molar-refractivity contribution in [2.24, 2.45) is 0 Å². The molecule has 0 amide bonds. The smallest absolute Gasteiger partial charge is 0.107 e. The molecule has 1 atom stereocenters. The van der Waals surface area contributed by atoms with Crippen LogP contribution in [0.3, 0.4) is 0 Å². The second-order valence-corrected chi connectivity index (χ2v) is 6.60. The van der Waals surface area contributed by atoms with E-state index in [9.17, 15) is 0 Å². The molecule has 0 aliphatic rings. The lowest BCUT2D eigenvalue weighted by molar-refractivity contribution is 0.568. The maximum atomic E-state index is 4.40. The molecule has 19 heavy (non-hydrogen) atoms. The van der Waals surface area contributed by atoms with Gasteiger partial charge in [-0.1, -0.05) is 17.7 Å². The zero-order valence-corrected chi connectivity index (χ0v) is 13.2. The van der Waals surface area contributed by atoms with Crippen molar-refractivity contribution < 1.29 is 0 Å². The van der Waals surface area contributed by atoms with E-state index in [1.807, 2.05) is 6.20 Å².